The second-order valence-electron chi connectivity index (χ2n) is 10.4. The van der Waals surface area contributed by atoms with Crippen LogP contribution in [0, 0.1) is 0 Å². The lowest BCUT2D eigenvalue weighted by atomic mass is 9.84. The van der Waals surface area contributed by atoms with Crippen molar-refractivity contribution in [1.29, 1.82) is 0 Å². The van der Waals surface area contributed by atoms with E-state index in [-0.39, 0.29) is 18.5 Å². The lowest BCUT2D eigenvalue weighted by Gasteiger charge is -2.26. The highest BCUT2D eigenvalue weighted by atomic mass is 35.5. The molecule has 1 aliphatic carbocycles. The van der Waals surface area contributed by atoms with E-state index in [4.69, 9.17) is 0 Å². The van der Waals surface area contributed by atoms with E-state index in [1.165, 1.54) is 112 Å². The molecule has 1 unspecified atom stereocenters. The van der Waals surface area contributed by atoms with Crippen LogP contribution in [-0.2, 0) is 19.3 Å². The van der Waals surface area contributed by atoms with Crippen molar-refractivity contribution in [2.24, 2.45) is 0 Å². The first-order valence-corrected chi connectivity index (χ1v) is 14.2. The number of benzene rings is 2. The summed E-state index contributed by atoms with van der Waals surface area (Å²) in [6.07, 6.45) is 18.7. The van der Waals surface area contributed by atoms with Crippen molar-refractivity contribution < 1.29 is 5.11 Å². The maximum atomic E-state index is 11.2. The molecule has 2 aromatic rings. The molecule has 0 spiro atoms. The molecule has 192 valence electrons. The summed E-state index contributed by atoms with van der Waals surface area (Å²) >= 11 is 0. The van der Waals surface area contributed by atoms with Crippen LogP contribution in [0.5, 0.6) is 0 Å². The van der Waals surface area contributed by atoms with E-state index in [1.54, 1.807) is 5.56 Å². The van der Waals surface area contributed by atoms with E-state index in [0.29, 0.717) is 0 Å². The van der Waals surface area contributed by atoms with Crippen molar-refractivity contribution in [1.82, 2.24) is 4.90 Å². The van der Waals surface area contributed by atoms with Crippen LogP contribution in [0.3, 0.4) is 0 Å². The lowest BCUT2D eigenvalue weighted by molar-refractivity contribution is 0.110. The Hall–Kier alpha value is -1.09. The Balaban J connectivity index is 0.00000408. The van der Waals surface area contributed by atoms with Crippen LogP contribution >= 0.6 is 12.4 Å². The van der Waals surface area contributed by atoms with E-state index < -0.39 is 0 Å². The molecule has 34 heavy (non-hydrogen) atoms. The molecule has 0 saturated heterocycles. The molecule has 1 atom stereocenters. The van der Waals surface area contributed by atoms with E-state index in [0.717, 1.165) is 26.1 Å². The van der Waals surface area contributed by atoms with Gasteiger partial charge in [0.05, 0.1) is 6.10 Å². The Bertz CT molecular complexity index is 806. The fourth-order valence-electron chi connectivity index (χ4n) is 5.67. The average molecular weight is 488 g/mol. The lowest BCUT2D eigenvalue weighted by Crippen LogP contribution is -2.35. The van der Waals surface area contributed by atoms with Gasteiger partial charge in [0.25, 0.3) is 0 Å². The summed E-state index contributed by atoms with van der Waals surface area (Å²) in [5.41, 5.74) is 4.45. The highest BCUT2D eigenvalue weighted by molar-refractivity contribution is 5.90. The molecular weight excluding hydrogens is 438 g/mol. The van der Waals surface area contributed by atoms with Gasteiger partial charge in [-0.2, -0.15) is 0 Å². The number of nitrogens with zero attached hydrogens (tertiary/aromatic N) is 1. The summed E-state index contributed by atoms with van der Waals surface area (Å²) in [5.74, 6) is 0. The summed E-state index contributed by atoms with van der Waals surface area (Å²) < 4.78 is 0. The number of aliphatic hydroxyl groups is 1. The zero-order chi connectivity index (χ0) is 23.3. The summed E-state index contributed by atoms with van der Waals surface area (Å²) in [7, 11) is 0. The van der Waals surface area contributed by atoms with Gasteiger partial charge >= 0.3 is 0 Å². The minimum atomic E-state index is -0.290. The Labute approximate surface area is 215 Å². The van der Waals surface area contributed by atoms with Gasteiger partial charge in [-0.15, -0.1) is 12.4 Å². The van der Waals surface area contributed by atoms with Gasteiger partial charge in [0.1, 0.15) is 0 Å². The predicted molar refractivity (Wildman–Crippen MR) is 152 cm³/mol. The monoisotopic (exact) mass is 487 g/mol. The second-order valence-corrected chi connectivity index (χ2v) is 10.4. The first kappa shape index (κ1) is 29.1. The fraction of sp³-hybridized carbons (Fsp3) is 0.677. The van der Waals surface area contributed by atoms with E-state index in [1.807, 2.05) is 0 Å². The summed E-state index contributed by atoms with van der Waals surface area (Å²) in [6, 6.07) is 11.3. The molecule has 0 saturated carbocycles. The zero-order valence-corrected chi connectivity index (χ0v) is 22.8. The maximum Gasteiger partial charge on any atom is 0.0707 e. The Morgan fingerprint density at radius 1 is 0.794 bits per heavy atom. The van der Waals surface area contributed by atoms with Crippen LogP contribution in [0.4, 0.5) is 0 Å². The zero-order valence-electron chi connectivity index (χ0n) is 22.0. The topological polar surface area (TPSA) is 23.5 Å². The Kier molecular flexibility index (Phi) is 14.2. The van der Waals surface area contributed by atoms with Gasteiger partial charge in [-0.05, 0) is 79.1 Å². The maximum absolute atomic E-state index is 11.2. The van der Waals surface area contributed by atoms with Gasteiger partial charge < -0.3 is 10.0 Å². The highest BCUT2D eigenvalue weighted by Gasteiger charge is 2.18. The first-order chi connectivity index (χ1) is 16.2. The number of halogens is 1. The summed E-state index contributed by atoms with van der Waals surface area (Å²) in [6.45, 7) is 7.65. The molecule has 1 N–H and O–H groups in total. The molecule has 0 aliphatic heterocycles. The summed E-state index contributed by atoms with van der Waals surface area (Å²) in [5, 5.41) is 14.0. The second kappa shape index (κ2) is 16.6. The minimum absolute atomic E-state index is 0. The van der Waals surface area contributed by atoms with Gasteiger partial charge in [-0.25, -0.2) is 0 Å². The Morgan fingerprint density at radius 2 is 1.38 bits per heavy atom. The van der Waals surface area contributed by atoms with Crippen LogP contribution in [0.2, 0.25) is 0 Å². The van der Waals surface area contributed by atoms with Gasteiger partial charge in [0.2, 0.25) is 0 Å². The molecule has 0 radical (unpaired) electrons. The minimum Gasteiger partial charge on any atom is -0.391 e. The first-order valence-electron chi connectivity index (χ1n) is 14.2. The van der Waals surface area contributed by atoms with Gasteiger partial charge in [0.15, 0.2) is 0 Å². The standard InChI is InChI=1S/C31H49NO.ClH/c1-3-5-7-9-15-21-32(22-16-10-8-6-4-2)25-28(33)24-27-23-26-17-11-12-18-29(26)31-20-14-13-19-30(27)31;/h13-14,19-20,23,28,33H,3-12,15-18,21-22,24-25H2,1-2H3;1H. The molecule has 0 heterocycles. The molecule has 0 amide bonds. The van der Waals surface area contributed by atoms with E-state index in [2.05, 4.69) is 49.1 Å². The Morgan fingerprint density at radius 3 is 2.03 bits per heavy atom. The van der Waals surface area contributed by atoms with E-state index >= 15 is 0 Å². The molecule has 2 aromatic carbocycles. The van der Waals surface area contributed by atoms with Gasteiger partial charge in [0, 0.05) is 13.0 Å². The normalized spacial score (nSPS) is 14.2. The van der Waals surface area contributed by atoms with Crippen molar-refractivity contribution >= 4 is 23.2 Å². The molecule has 0 bridgehead atoms. The molecule has 2 nitrogen and oxygen atoms in total. The third-order valence-corrected chi connectivity index (χ3v) is 7.54. The van der Waals surface area contributed by atoms with Crippen molar-refractivity contribution in [3.63, 3.8) is 0 Å². The van der Waals surface area contributed by atoms with Gasteiger partial charge in [-0.1, -0.05) is 95.5 Å². The number of unbranched alkanes of at least 4 members (excludes halogenated alkanes) is 8. The quantitative estimate of drug-likeness (QED) is 0.241. The van der Waals surface area contributed by atoms with Crippen LogP contribution in [-0.4, -0.2) is 35.7 Å². The number of fused-ring (bicyclic) bond motifs is 3. The fourth-order valence-corrected chi connectivity index (χ4v) is 5.67. The number of aliphatic hydroxyl groups excluding tert-OH is 1. The van der Waals surface area contributed by atoms with Crippen LogP contribution < -0.4 is 0 Å². The average Bonchev–Trinajstić information content (AvgIpc) is 2.83. The largest absolute Gasteiger partial charge is 0.391 e. The SMILES string of the molecule is CCCCCCCN(CCCCCCC)CC(O)Cc1cc2c(c3ccccc13)CCCC2.Cl. The predicted octanol–water partition coefficient (Wildman–Crippen LogP) is 8.29. The van der Waals surface area contributed by atoms with Crippen molar-refractivity contribution in [3.8, 4) is 0 Å². The number of rotatable bonds is 16. The molecular formula is C31H50ClNO. The highest BCUT2D eigenvalue weighted by Crippen LogP contribution is 2.32. The third-order valence-electron chi connectivity index (χ3n) is 7.54. The molecule has 0 aromatic heterocycles. The molecule has 3 heteroatoms. The van der Waals surface area contributed by atoms with Crippen LogP contribution in [0.15, 0.2) is 30.3 Å². The molecule has 1 aliphatic rings. The van der Waals surface area contributed by atoms with Crippen LogP contribution in [0.25, 0.3) is 10.8 Å². The van der Waals surface area contributed by atoms with Crippen molar-refractivity contribution in [2.75, 3.05) is 19.6 Å². The van der Waals surface area contributed by atoms with Crippen LogP contribution in [0.1, 0.15) is 108 Å². The van der Waals surface area contributed by atoms with Crippen molar-refractivity contribution in [3.05, 3.63) is 47.0 Å². The van der Waals surface area contributed by atoms with Gasteiger partial charge in [-0.3, -0.25) is 0 Å². The number of hydrogen-bond acceptors (Lipinski definition) is 2. The van der Waals surface area contributed by atoms with E-state index in [9.17, 15) is 5.11 Å². The third kappa shape index (κ3) is 9.17. The summed E-state index contributed by atoms with van der Waals surface area (Å²) in [4.78, 5) is 2.56. The number of aryl methyl sites for hydroxylation is 2. The number of hydrogen-bond donors (Lipinski definition) is 1. The van der Waals surface area contributed by atoms with Crippen molar-refractivity contribution in [2.45, 2.75) is 116 Å². The smallest absolute Gasteiger partial charge is 0.0707 e. The molecule has 0 fully saturated rings. The molecule has 3 rings (SSSR count).